The first kappa shape index (κ1) is 11.8. The van der Waals surface area contributed by atoms with Gasteiger partial charge in [0.1, 0.15) is 5.75 Å². The summed E-state index contributed by atoms with van der Waals surface area (Å²) in [4.78, 5) is 2.45. The first-order valence-electron chi connectivity index (χ1n) is 7.04. The van der Waals surface area contributed by atoms with Crippen molar-refractivity contribution in [3.05, 3.63) is 22.8 Å². The summed E-state index contributed by atoms with van der Waals surface area (Å²) in [5.74, 6) is 0.512. The highest BCUT2D eigenvalue weighted by atomic mass is 16.3. The molecule has 1 atom stereocenters. The summed E-state index contributed by atoms with van der Waals surface area (Å²) in [7, 11) is 0. The van der Waals surface area contributed by atoms with E-state index in [1.807, 2.05) is 6.92 Å². The molecule has 0 spiro atoms. The number of anilines is 1. The van der Waals surface area contributed by atoms with Crippen LogP contribution in [-0.2, 0) is 19.3 Å². The molecule has 1 unspecified atom stereocenters. The van der Waals surface area contributed by atoms with E-state index < -0.39 is 0 Å². The number of phenolic OH excluding ortho intramolecular Hbond substituents is 1. The second kappa shape index (κ2) is 4.47. The third-order valence-corrected chi connectivity index (χ3v) is 4.12. The lowest BCUT2D eigenvalue weighted by molar-refractivity contribution is 0.453. The number of rotatable bonds is 2. The standard InChI is InChI=1S/C15H22N2O/c1-10(16)8-12-9-11-4-2-6-17-7-3-5-13(14(11)17)15(12)18/h9-10,18H,2-8,16H2,1H3. The fourth-order valence-corrected chi connectivity index (χ4v) is 3.41. The van der Waals surface area contributed by atoms with Crippen molar-refractivity contribution in [2.24, 2.45) is 5.73 Å². The van der Waals surface area contributed by atoms with E-state index in [1.54, 1.807) is 0 Å². The summed E-state index contributed by atoms with van der Waals surface area (Å²) in [6.07, 6.45) is 5.31. The van der Waals surface area contributed by atoms with Crippen molar-refractivity contribution >= 4 is 5.69 Å². The minimum atomic E-state index is 0.101. The molecule has 3 heteroatoms. The first-order chi connectivity index (χ1) is 8.66. The third-order valence-electron chi connectivity index (χ3n) is 4.12. The SMILES string of the molecule is CC(N)Cc1cc2c3c(c1O)CCCN3CCC2. The molecule has 3 N–H and O–H groups in total. The minimum absolute atomic E-state index is 0.101. The molecule has 0 saturated carbocycles. The van der Waals surface area contributed by atoms with Gasteiger partial charge < -0.3 is 15.7 Å². The van der Waals surface area contributed by atoms with Crippen LogP contribution in [0.5, 0.6) is 5.75 Å². The molecule has 0 aliphatic carbocycles. The summed E-state index contributed by atoms with van der Waals surface area (Å²) in [5.41, 5.74) is 10.9. The average molecular weight is 246 g/mol. The monoisotopic (exact) mass is 246 g/mol. The fourth-order valence-electron chi connectivity index (χ4n) is 3.41. The van der Waals surface area contributed by atoms with Crippen LogP contribution in [0.3, 0.4) is 0 Å². The minimum Gasteiger partial charge on any atom is -0.507 e. The second-order valence-corrected chi connectivity index (χ2v) is 5.75. The van der Waals surface area contributed by atoms with E-state index in [0.29, 0.717) is 5.75 Å². The number of aryl methyl sites for hydroxylation is 1. The molecule has 2 heterocycles. The largest absolute Gasteiger partial charge is 0.507 e. The molecule has 0 radical (unpaired) electrons. The zero-order valence-corrected chi connectivity index (χ0v) is 11.1. The van der Waals surface area contributed by atoms with Crippen LogP contribution in [-0.4, -0.2) is 24.2 Å². The highest BCUT2D eigenvalue weighted by Crippen LogP contribution is 2.42. The van der Waals surface area contributed by atoms with Gasteiger partial charge in [-0.2, -0.15) is 0 Å². The predicted molar refractivity (Wildman–Crippen MR) is 74.3 cm³/mol. The average Bonchev–Trinajstić information content (AvgIpc) is 2.35. The van der Waals surface area contributed by atoms with Gasteiger partial charge in [-0.25, -0.2) is 0 Å². The van der Waals surface area contributed by atoms with Crippen LogP contribution in [0.1, 0.15) is 36.5 Å². The Kier molecular flexibility index (Phi) is 2.94. The van der Waals surface area contributed by atoms with Crippen LogP contribution in [0, 0.1) is 0 Å². The van der Waals surface area contributed by atoms with Crippen LogP contribution < -0.4 is 10.6 Å². The van der Waals surface area contributed by atoms with Gasteiger partial charge in [0.05, 0.1) is 0 Å². The molecule has 0 aromatic heterocycles. The van der Waals surface area contributed by atoms with Crippen LogP contribution in [0.2, 0.25) is 0 Å². The van der Waals surface area contributed by atoms with Crippen molar-refractivity contribution in [1.82, 2.24) is 0 Å². The van der Waals surface area contributed by atoms with E-state index >= 15 is 0 Å². The summed E-state index contributed by atoms with van der Waals surface area (Å²) in [5, 5.41) is 10.5. The Bertz CT molecular complexity index is 466. The Labute approximate surface area is 109 Å². The summed E-state index contributed by atoms with van der Waals surface area (Å²) >= 11 is 0. The quantitative estimate of drug-likeness (QED) is 0.839. The molecule has 18 heavy (non-hydrogen) atoms. The van der Waals surface area contributed by atoms with Crippen LogP contribution in [0.15, 0.2) is 6.07 Å². The highest BCUT2D eigenvalue weighted by Gasteiger charge is 2.27. The topological polar surface area (TPSA) is 49.5 Å². The Morgan fingerprint density at radius 2 is 2.06 bits per heavy atom. The number of benzene rings is 1. The van der Waals surface area contributed by atoms with Crippen molar-refractivity contribution in [2.75, 3.05) is 18.0 Å². The first-order valence-corrected chi connectivity index (χ1v) is 7.04. The maximum atomic E-state index is 10.5. The van der Waals surface area contributed by atoms with Gasteiger partial charge in [0.25, 0.3) is 0 Å². The summed E-state index contributed by atoms with van der Waals surface area (Å²) < 4.78 is 0. The molecule has 1 aromatic rings. The van der Waals surface area contributed by atoms with Gasteiger partial charge in [-0.15, -0.1) is 0 Å². The van der Waals surface area contributed by atoms with E-state index in [0.717, 1.165) is 44.3 Å². The molecule has 1 aromatic carbocycles. The Morgan fingerprint density at radius 3 is 2.78 bits per heavy atom. The molecule has 0 bridgehead atoms. The number of hydrogen-bond acceptors (Lipinski definition) is 3. The normalized spacial score (nSPS) is 19.6. The molecule has 0 fully saturated rings. The smallest absolute Gasteiger partial charge is 0.124 e. The summed E-state index contributed by atoms with van der Waals surface area (Å²) in [6, 6.07) is 2.29. The third kappa shape index (κ3) is 1.87. The Morgan fingerprint density at radius 1 is 1.33 bits per heavy atom. The molecular formula is C15H22N2O. The van der Waals surface area contributed by atoms with Gasteiger partial charge >= 0.3 is 0 Å². The predicted octanol–water partition coefficient (Wildman–Crippen LogP) is 1.98. The molecule has 0 amide bonds. The van der Waals surface area contributed by atoms with E-state index in [4.69, 9.17) is 5.73 Å². The van der Waals surface area contributed by atoms with E-state index in [-0.39, 0.29) is 6.04 Å². The molecule has 2 aliphatic rings. The lowest BCUT2D eigenvalue weighted by atomic mass is 9.88. The maximum Gasteiger partial charge on any atom is 0.124 e. The van der Waals surface area contributed by atoms with Gasteiger partial charge in [-0.05, 0) is 56.2 Å². The van der Waals surface area contributed by atoms with Crippen molar-refractivity contribution < 1.29 is 5.11 Å². The van der Waals surface area contributed by atoms with Gasteiger partial charge in [0.2, 0.25) is 0 Å². The number of nitrogens with two attached hydrogens (primary N) is 1. The van der Waals surface area contributed by atoms with Crippen molar-refractivity contribution in [1.29, 1.82) is 0 Å². The Balaban J connectivity index is 2.11. The van der Waals surface area contributed by atoms with Gasteiger partial charge in [-0.1, -0.05) is 0 Å². The van der Waals surface area contributed by atoms with E-state index in [9.17, 15) is 5.11 Å². The lowest BCUT2D eigenvalue weighted by Crippen LogP contribution is -2.34. The zero-order valence-electron chi connectivity index (χ0n) is 11.1. The zero-order chi connectivity index (χ0) is 12.7. The molecular weight excluding hydrogens is 224 g/mol. The van der Waals surface area contributed by atoms with Crippen molar-refractivity contribution in [3.8, 4) is 5.75 Å². The maximum absolute atomic E-state index is 10.5. The number of hydrogen-bond donors (Lipinski definition) is 2. The lowest BCUT2D eigenvalue weighted by Gasteiger charge is -2.37. The number of aromatic hydroxyl groups is 1. The van der Waals surface area contributed by atoms with Crippen LogP contribution in [0.25, 0.3) is 0 Å². The Hall–Kier alpha value is -1.22. The van der Waals surface area contributed by atoms with E-state index in [2.05, 4.69) is 11.0 Å². The van der Waals surface area contributed by atoms with Crippen molar-refractivity contribution in [3.63, 3.8) is 0 Å². The van der Waals surface area contributed by atoms with E-state index in [1.165, 1.54) is 23.2 Å². The molecule has 3 rings (SSSR count). The highest BCUT2D eigenvalue weighted by molar-refractivity contribution is 5.69. The van der Waals surface area contributed by atoms with Gasteiger partial charge in [-0.3, -0.25) is 0 Å². The summed E-state index contributed by atoms with van der Waals surface area (Å²) in [6.45, 7) is 4.29. The van der Waals surface area contributed by atoms with Gasteiger partial charge in [0, 0.05) is 30.4 Å². The molecule has 3 nitrogen and oxygen atoms in total. The van der Waals surface area contributed by atoms with Gasteiger partial charge in [0.15, 0.2) is 0 Å². The van der Waals surface area contributed by atoms with Crippen molar-refractivity contribution in [2.45, 2.75) is 45.1 Å². The molecule has 2 aliphatic heterocycles. The molecule has 98 valence electrons. The van der Waals surface area contributed by atoms with Crippen LogP contribution >= 0.6 is 0 Å². The van der Waals surface area contributed by atoms with Crippen LogP contribution in [0.4, 0.5) is 5.69 Å². The number of nitrogens with zero attached hydrogens (tertiary/aromatic N) is 1. The number of phenols is 1. The second-order valence-electron chi connectivity index (χ2n) is 5.75. The fraction of sp³-hybridized carbons (Fsp3) is 0.600. The molecule has 0 saturated heterocycles.